The Morgan fingerprint density at radius 1 is 1.24 bits per heavy atom. The highest BCUT2D eigenvalue weighted by atomic mass is 19.1. The van der Waals surface area contributed by atoms with Crippen LogP contribution < -0.4 is 10.2 Å². The van der Waals surface area contributed by atoms with Crippen LogP contribution in [0.4, 0.5) is 15.8 Å². The SMILES string of the molecule is CCN(C)c1cccc(NC(=O)Cc2c(C)[nH]c3ccc(F)cc23)c1. The third-order valence-corrected chi connectivity index (χ3v) is 4.46. The molecule has 2 aromatic carbocycles. The molecule has 25 heavy (non-hydrogen) atoms. The molecular formula is C20H22FN3O. The van der Waals surface area contributed by atoms with Crippen LogP contribution in [-0.4, -0.2) is 24.5 Å². The summed E-state index contributed by atoms with van der Waals surface area (Å²) in [6.07, 6.45) is 0.198. The van der Waals surface area contributed by atoms with Crippen molar-refractivity contribution in [2.45, 2.75) is 20.3 Å². The number of hydrogen-bond donors (Lipinski definition) is 2. The molecule has 0 unspecified atom stereocenters. The number of H-pyrrole nitrogens is 1. The van der Waals surface area contributed by atoms with E-state index in [1.165, 1.54) is 12.1 Å². The zero-order valence-electron chi connectivity index (χ0n) is 14.7. The van der Waals surface area contributed by atoms with Gasteiger partial charge in [-0.2, -0.15) is 0 Å². The second-order valence-corrected chi connectivity index (χ2v) is 6.21. The largest absolute Gasteiger partial charge is 0.375 e. The van der Waals surface area contributed by atoms with Gasteiger partial charge in [-0.15, -0.1) is 0 Å². The van der Waals surface area contributed by atoms with Gasteiger partial charge in [-0.25, -0.2) is 4.39 Å². The molecule has 0 spiro atoms. The summed E-state index contributed by atoms with van der Waals surface area (Å²) in [5.74, 6) is -0.423. The molecule has 0 bridgehead atoms. The van der Waals surface area contributed by atoms with Crippen molar-refractivity contribution in [1.82, 2.24) is 4.98 Å². The van der Waals surface area contributed by atoms with Crippen LogP contribution in [0.15, 0.2) is 42.5 Å². The molecule has 0 fully saturated rings. The van der Waals surface area contributed by atoms with Crippen LogP contribution >= 0.6 is 0 Å². The van der Waals surface area contributed by atoms with Gasteiger partial charge in [0.1, 0.15) is 5.82 Å². The number of fused-ring (bicyclic) bond motifs is 1. The number of hydrogen-bond acceptors (Lipinski definition) is 2. The van der Waals surface area contributed by atoms with Gasteiger partial charge in [0, 0.05) is 41.6 Å². The maximum absolute atomic E-state index is 13.5. The number of aryl methyl sites for hydroxylation is 1. The average Bonchev–Trinajstić information content (AvgIpc) is 2.89. The predicted molar refractivity (Wildman–Crippen MR) is 101 cm³/mol. The normalized spacial score (nSPS) is 10.9. The van der Waals surface area contributed by atoms with Gasteiger partial charge in [0.15, 0.2) is 0 Å². The van der Waals surface area contributed by atoms with Crippen LogP contribution in [0, 0.1) is 12.7 Å². The Labute approximate surface area is 146 Å². The van der Waals surface area contributed by atoms with E-state index < -0.39 is 0 Å². The second-order valence-electron chi connectivity index (χ2n) is 6.21. The van der Waals surface area contributed by atoms with Gasteiger partial charge in [0.25, 0.3) is 0 Å². The lowest BCUT2D eigenvalue weighted by Gasteiger charge is -2.17. The number of anilines is 2. The molecule has 0 saturated heterocycles. The van der Waals surface area contributed by atoms with Crippen molar-refractivity contribution < 1.29 is 9.18 Å². The minimum absolute atomic E-state index is 0.121. The standard InChI is InChI=1S/C20H22FN3O/c1-4-24(3)16-7-5-6-15(11-16)23-20(25)12-17-13(2)22-19-9-8-14(21)10-18(17)19/h5-11,22H,4,12H2,1-3H3,(H,23,25). The highest BCUT2D eigenvalue weighted by molar-refractivity contribution is 5.96. The number of aromatic nitrogens is 1. The van der Waals surface area contributed by atoms with Gasteiger partial charge < -0.3 is 15.2 Å². The summed E-state index contributed by atoms with van der Waals surface area (Å²) < 4.78 is 13.5. The maximum atomic E-state index is 13.5. The Hall–Kier alpha value is -2.82. The third kappa shape index (κ3) is 3.65. The van der Waals surface area contributed by atoms with Gasteiger partial charge in [-0.3, -0.25) is 4.79 Å². The number of carbonyl (C=O) groups is 1. The molecule has 0 saturated carbocycles. The fourth-order valence-corrected chi connectivity index (χ4v) is 2.95. The monoisotopic (exact) mass is 339 g/mol. The van der Waals surface area contributed by atoms with Crippen molar-refractivity contribution in [3.8, 4) is 0 Å². The summed E-state index contributed by atoms with van der Waals surface area (Å²) in [5.41, 5.74) is 4.36. The Balaban J connectivity index is 1.79. The molecule has 0 aliphatic carbocycles. The minimum Gasteiger partial charge on any atom is -0.375 e. The summed E-state index contributed by atoms with van der Waals surface area (Å²) in [7, 11) is 2.00. The molecule has 130 valence electrons. The topological polar surface area (TPSA) is 48.1 Å². The van der Waals surface area contributed by atoms with Crippen molar-refractivity contribution in [3.63, 3.8) is 0 Å². The van der Waals surface area contributed by atoms with Crippen molar-refractivity contribution in [2.24, 2.45) is 0 Å². The lowest BCUT2D eigenvalue weighted by Crippen LogP contribution is -2.17. The molecule has 3 rings (SSSR count). The molecule has 1 amide bonds. The van der Waals surface area contributed by atoms with E-state index in [0.29, 0.717) is 0 Å². The summed E-state index contributed by atoms with van der Waals surface area (Å²) >= 11 is 0. The van der Waals surface area contributed by atoms with E-state index in [9.17, 15) is 9.18 Å². The summed E-state index contributed by atoms with van der Waals surface area (Å²) in [4.78, 5) is 17.8. The van der Waals surface area contributed by atoms with Crippen molar-refractivity contribution in [1.29, 1.82) is 0 Å². The van der Waals surface area contributed by atoms with E-state index in [1.54, 1.807) is 6.07 Å². The Morgan fingerprint density at radius 2 is 2.04 bits per heavy atom. The lowest BCUT2D eigenvalue weighted by molar-refractivity contribution is -0.115. The van der Waals surface area contributed by atoms with Crippen molar-refractivity contribution >= 4 is 28.2 Å². The number of benzene rings is 2. The molecule has 0 aliphatic heterocycles. The molecule has 3 aromatic rings. The Kier molecular flexibility index (Phi) is 4.74. The van der Waals surface area contributed by atoms with E-state index in [1.807, 2.05) is 38.2 Å². The zero-order chi connectivity index (χ0) is 18.0. The second kappa shape index (κ2) is 6.97. The average molecular weight is 339 g/mol. The van der Waals surface area contributed by atoms with E-state index in [4.69, 9.17) is 0 Å². The van der Waals surface area contributed by atoms with Gasteiger partial charge in [0.05, 0.1) is 6.42 Å². The fourth-order valence-electron chi connectivity index (χ4n) is 2.95. The molecule has 1 aromatic heterocycles. The van der Waals surface area contributed by atoms with Gasteiger partial charge >= 0.3 is 0 Å². The smallest absolute Gasteiger partial charge is 0.228 e. The lowest BCUT2D eigenvalue weighted by atomic mass is 10.1. The van der Waals surface area contributed by atoms with Crippen molar-refractivity contribution in [3.05, 3.63) is 59.5 Å². The molecular weight excluding hydrogens is 317 g/mol. The van der Waals surface area contributed by atoms with Crippen LogP contribution in [-0.2, 0) is 11.2 Å². The first kappa shape index (κ1) is 17.0. The molecule has 2 N–H and O–H groups in total. The predicted octanol–water partition coefficient (Wildman–Crippen LogP) is 4.25. The van der Waals surface area contributed by atoms with Crippen molar-refractivity contribution in [2.75, 3.05) is 23.8 Å². The summed E-state index contributed by atoms with van der Waals surface area (Å²) in [5, 5.41) is 3.69. The molecule has 5 heteroatoms. The highest BCUT2D eigenvalue weighted by Gasteiger charge is 2.13. The number of nitrogens with zero attached hydrogens (tertiary/aromatic N) is 1. The van der Waals surface area contributed by atoms with Gasteiger partial charge in [-0.05, 0) is 55.8 Å². The highest BCUT2D eigenvalue weighted by Crippen LogP contribution is 2.24. The molecule has 0 atom stereocenters. The Bertz CT molecular complexity index is 916. The summed E-state index contributed by atoms with van der Waals surface area (Å²) in [6, 6.07) is 12.3. The Morgan fingerprint density at radius 3 is 2.80 bits per heavy atom. The first-order chi connectivity index (χ1) is 12.0. The number of nitrogens with one attached hydrogen (secondary N) is 2. The number of halogens is 1. The number of amides is 1. The van der Waals surface area contributed by atoms with Crippen LogP contribution in [0.1, 0.15) is 18.2 Å². The van der Waals surface area contributed by atoms with E-state index >= 15 is 0 Å². The molecule has 4 nitrogen and oxygen atoms in total. The first-order valence-electron chi connectivity index (χ1n) is 8.35. The minimum atomic E-state index is -0.302. The number of aromatic amines is 1. The summed E-state index contributed by atoms with van der Waals surface area (Å²) in [6.45, 7) is 4.86. The van der Waals surface area contributed by atoms with Gasteiger partial charge in [0.2, 0.25) is 5.91 Å². The third-order valence-electron chi connectivity index (χ3n) is 4.46. The maximum Gasteiger partial charge on any atom is 0.228 e. The van der Waals surface area contributed by atoms with E-state index in [2.05, 4.69) is 22.1 Å². The van der Waals surface area contributed by atoms with E-state index in [0.717, 1.165) is 40.1 Å². The molecule has 0 aliphatic rings. The fraction of sp³-hybridized carbons (Fsp3) is 0.250. The van der Waals surface area contributed by atoms with E-state index in [-0.39, 0.29) is 18.1 Å². The van der Waals surface area contributed by atoms with Crippen LogP contribution in [0.25, 0.3) is 10.9 Å². The first-order valence-corrected chi connectivity index (χ1v) is 8.35. The van der Waals surface area contributed by atoms with Crippen LogP contribution in [0.3, 0.4) is 0 Å². The molecule has 1 heterocycles. The number of rotatable bonds is 5. The van der Waals surface area contributed by atoms with Crippen LogP contribution in [0.2, 0.25) is 0 Å². The van der Waals surface area contributed by atoms with Crippen LogP contribution in [0.5, 0.6) is 0 Å². The van der Waals surface area contributed by atoms with Gasteiger partial charge in [-0.1, -0.05) is 6.07 Å². The zero-order valence-corrected chi connectivity index (χ0v) is 14.7. The number of carbonyl (C=O) groups excluding carboxylic acids is 1. The quantitative estimate of drug-likeness (QED) is 0.730. The molecule has 0 radical (unpaired) electrons.